The van der Waals surface area contributed by atoms with Gasteiger partial charge in [0, 0.05) is 25.6 Å². The van der Waals surface area contributed by atoms with E-state index in [9.17, 15) is 18.5 Å². The van der Waals surface area contributed by atoms with E-state index in [0.29, 0.717) is 13.1 Å². The van der Waals surface area contributed by atoms with E-state index in [4.69, 9.17) is 5.14 Å². The zero-order valence-corrected chi connectivity index (χ0v) is 13.2. The summed E-state index contributed by atoms with van der Waals surface area (Å²) in [5, 5.41) is 26.7. The van der Waals surface area contributed by atoms with E-state index in [0.717, 1.165) is 18.3 Å². The van der Waals surface area contributed by atoms with E-state index < -0.39 is 14.9 Å². The maximum Gasteiger partial charge on any atom is 0.293 e. The highest BCUT2D eigenvalue weighted by atomic mass is 32.2. The Hall–Kier alpha value is -2.53. The van der Waals surface area contributed by atoms with E-state index in [2.05, 4.69) is 15.5 Å². The summed E-state index contributed by atoms with van der Waals surface area (Å²) in [6.45, 7) is 2.86. The molecule has 10 nitrogen and oxygen atoms in total. The third kappa shape index (κ3) is 4.02. The lowest BCUT2D eigenvalue weighted by Gasteiger charge is -2.09. The molecular weight excluding hydrogens is 324 g/mol. The third-order valence-electron chi connectivity index (χ3n) is 3.17. The van der Waals surface area contributed by atoms with E-state index in [-0.39, 0.29) is 16.3 Å². The zero-order valence-electron chi connectivity index (χ0n) is 12.3. The normalized spacial score (nSPS) is 11.4. The van der Waals surface area contributed by atoms with Crippen LogP contribution in [0.3, 0.4) is 0 Å². The minimum atomic E-state index is -3.99. The maximum atomic E-state index is 11.3. The van der Waals surface area contributed by atoms with E-state index in [1.807, 2.05) is 11.5 Å². The molecule has 11 heteroatoms. The van der Waals surface area contributed by atoms with Crippen LogP contribution in [-0.4, -0.2) is 34.7 Å². The van der Waals surface area contributed by atoms with Gasteiger partial charge < -0.3 is 9.88 Å². The molecule has 0 spiro atoms. The average molecular weight is 340 g/mol. The van der Waals surface area contributed by atoms with Gasteiger partial charge in [-0.05, 0) is 12.1 Å². The second kappa shape index (κ2) is 6.71. The van der Waals surface area contributed by atoms with Crippen LogP contribution < -0.4 is 10.5 Å². The van der Waals surface area contributed by atoms with Gasteiger partial charge in [-0.1, -0.05) is 6.92 Å². The highest BCUT2D eigenvalue weighted by molar-refractivity contribution is 7.89. The molecule has 1 aromatic carbocycles. The number of primary sulfonamides is 1. The Morgan fingerprint density at radius 3 is 2.78 bits per heavy atom. The summed E-state index contributed by atoms with van der Waals surface area (Å²) in [7, 11) is -3.99. The molecule has 124 valence electrons. The van der Waals surface area contributed by atoms with Gasteiger partial charge in [0.1, 0.15) is 17.8 Å². The molecule has 2 aromatic rings. The number of nitrogens with two attached hydrogens (primary N) is 1. The summed E-state index contributed by atoms with van der Waals surface area (Å²) in [6.07, 6.45) is 2.31. The number of anilines is 1. The predicted octanol–water partition coefficient (Wildman–Crippen LogP) is 0.508. The van der Waals surface area contributed by atoms with E-state index in [1.165, 1.54) is 12.1 Å². The van der Waals surface area contributed by atoms with Gasteiger partial charge in [0.25, 0.3) is 5.69 Å². The molecule has 2 rings (SSSR count). The first kappa shape index (κ1) is 16.8. The van der Waals surface area contributed by atoms with Crippen molar-refractivity contribution in [1.29, 1.82) is 0 Å². The number of nitrogens with one attached hydrogen (secondary N) is 1. The second-order valence-electron chi connectivity index (χ2n) is 4.70. The first-order chi connectivity index (χ1) is 10.8. The summed E-state index contributed by atoms with van der Waals surface area (Å²) in [5.74, 6) is 0.811. The minimum absolute atomic E-state index is 0.216. The largest absolute Gasteiger partial charge is 0.378 e. The molecule has 0 aliphatic heterocycles. The Labute approximate surface area is 132 Å². The minimum Gasteiger partial charge on any atom is -0.378 e. The smallest absolute Gasteiger partial charge is 0.293 e. The lowest BCUT2D eigenvalue weighted by molar-refractivity contribution is -0.384. The number of aryl methyl sites for hydroxylation is 1. The first-order valence-corrected chi connectivity index (χ1v) is 8.29. The molecule has 23 heavy (non-hydrogen) atoms. The quantitative estimate of drug-likeness (QED) is 0.551. The fourth-order valence-corrected chi connectivity index (χ4v) is 2.57. The van der Waals surface area contributed by atoms with Crippen LogP contribution in [-0.2, 0) is 23.0 Å². The van der Waals surface area contributed by atoms with Gasteiger partial charge in [-0.15, -0.1) is 10.2 Å². The van der Waals surface area contributed by atoms with E-state index >= 15 is 0 Å². The average Bonchev–Trinajstić information content (AvgIpc) is 2.93. The Morgan fingerprint density at radius 2 is 2.17 bits per heavy atom. The molecular formula is C12H16N6O4S. The number of hydrogen-bond donors (Lipinski definition) is 2. The van der Waals surface area contributed by atoms with Crippen LogP contribution in [0.2, 0.25) is 0 Å². The third-order valence-corrected chi connectivity index (χ3v) is 4.09. The van der Waals surface area contributed by atoms with E-state index in [1.54, 1.807) is 6.33 Å². The van der Waals surface area contributed by atoms with Crippen LogP contribution in [0.25, 0.3) is 0 Å². The number of nitro groups is 1. The summed E-state index contributed by atoms with van der Waals surface area (Å²) in [5.41, 5.74) is -0.135. The van der Waals surface area contributed by atoms with Gasteiger partial charge in [-0.25, -0.2) is 13.6 Å². The summed E-state index contributed by atoms with van der Waals surface area (Å²) in [4.78, 5) is 10.1. The number of sulfonamides is 1. The molecule has 0 saturated heterocycles. The molecule has 1 heterocycles. The molecule has 0 fully saturated rings. The second-order valence-corrected chi connectivity index (χ2v) is 6.26. The van der Waals surface area contributed by atoms with Crippen molar-refractivity contribution in [1.82, 2.24) is 14.8 Å². The van der Waals surface area contributed by atoms with Crippen LogP contribution in [0.5, 0.6) is 0 Å². The zero-order chi connectivity index (χ0) is 17.0. The van der Waals surface area contributed by atoms with Crippen molar-refractivity contribution in [2.24, 2.45) is 5.14 Å². The number of rotatable bonds is 7. The highest BCUT2D eigenvalue weighted by Gasteiger charge is 2.18. The van der Waals surface area contributed by atoms with Crippen LogP contribution >= 0.6 is 0 Å². The Bertz CT molecular complexity index is 817. The predicted molar refractivity (Wildman–Crippen MR) is 82.4 cm³/mol. The maximum absolute atomic E-state index is 11.3. The molecule has 0 atom stereocenters. The SMILES string of the molecule is CCc1nncn1CCNc1ccc(S(N)(=O)=O)cc1[N+](=O)[O-]. The molecule has 0 saturated carbocycles. The molecule has 1 aromatic heterocycles. The number of nitrogens with zero attached hydrogens (tertiary/aromatic N) is 4. The number of nitro benzene ring substituents is 1. The van der Waals surface area contributed by atoms with Crippen LogP contribution in [0, 0.1) is 10.1 Å². The molecule has 3 N–H and O–H groups in total. The highest BCUT2D eigenvalue weighted by Crippen LogP contribution is 2.26. The lowest BCUT2D eigenvalue weighted by atomic mass is 10.2. The monoisotopic (exact) mass is 340 g/mol. The molecule has 0 aliphatic carbocycles. The van der Waals surface area contributed by atoms with Crippen LogP contribution in [0.1, 0.15) is 12.7 Å². The molecule has 0 unspecified atom stereocenters. The van der Waals surface area contributed by atoms with Gasteiger partial charge in [-0.2, -0.15) is 0 Å². The summed E-state index contributed by atoms with van der Waals surface area (Å²) < 4.78 is 24.4. The Kier molecular flexibility index (Phi) is 4.91. The fraction of sp³-hybridized carbons (Fsp3) is 0.333. The van der Waals surface area contributed by atoms with Crippen molar-refractivity contribution >= 4 is 21.4 Å². The van der Waals surface area contributed by atoms with Crippen LogP contribution in [0.4, 0.5) is 11.4 Å². The summed E-state index contributed by atoms with van der Waals surface area (Å²) >= 11 is 0. The molecule has 0 amide bonds. The van der Waals surface area contributed by atoms with Gasteiger partial charge in [0.2, 0.25) is 10.0 Å². The van der Waals surface area contributed by atoms with Gasteiger partial charge in [0.15, 0.2) is 0 Å². The molecule has 0 aliphatic rings. The van der Waals surface area contributed by atoms with Crippen LogP contribution in [0.15, 0.2) is 29.4 Å². The topological polar surface area (TPSA) is 146 Å². The van der Waals surface area contributed by atoms with Crippen molar-refractivity contribution in [2.45, 2.75) is 24.8 Å². The molecule has 0 bridgehead atoms. The van der Waals surface area contributed by atoms with Crippen molar-refractivity contribution in [2.75, 3.05) is 11.9 Å². The first-order valence-electron chi connectivity index (χ1n) is 6.74. The number of benzene rings is 1. The molecule has 0 radical (unpaired) electrons. The number of aromatic nitrogens is 3. The van der Waals surface area contributed by atoms with Crippen molar-refractivity contribution < 1.29 is 13.3 Å². The Morgan fingerprint density at radius 1 is 1.43 bits per heavy atom. The van der Waals surface area contributed by atoms with Crippen molar-refractivity contribution in [3.8, 4) is 0 Å². The fourth-order valence-electron chi connectivity index (χ4n) is 2.04. The van der Waals surface area contributed by atoms with Crippen molar-refractivity contribution in [3.63, 3.8) is 0 Å². The van der Waals surface area contributed by atoms with Gasteiger partial charge in [0.05, 0.1) is 9.82 Å². The lowest BCUT2D eigenvalue weighted by Crippen LogP contribution is -2.15. The number of hydrogen-bond acceptors (Lipinski definition) is 7. The Balaban J connectivity index is 2.15. The standard InChI is InChI=1S/C12H16N6O4S/c1-2-12-16-15-8-17(12)6-5-14-10-4-3-9(23(13,21)22)7-11(10)18(19)20/h3-4,7-8,14H,2,5-6H2,1H3,(H2,13,21,22). The van der Waals surface area contributed by atoms with Gasteiger partial charge in [-0.3, -0.25) is 10.1 Å². The van der Waals surface area contributed by atoms with Gasteiger partial charge >= 0.3 is 0 Å². The van der Waals surface area contributed by atoms with Crippen molar-refractivity contribution in [3.05, 3.63) is 40.5 Å². The summed E-state index contributed by atoms with van der Waals surface area (Å²) in [6, 6.07) is 3.49.